The molecule has 0 atom stereocenters. The summed E-state index contributed by atoms with van der Waals surface area (Å²) in [6, 6.07) is 23.0. The largest absolute Gasteiger partial charge is 0.352 e. The average Bonchev–Trinajstić information content (AvgIpc) is 3.58. The molecule has 7 heteroatoms. The summed E-state index contributed by atoms with van der Waals surface area (Å²) in [5.41, 5.74) is 5.00. The Kier molecular flexibility index (Phi) is 6.89. The van der Waals surface area contributed by atoms with Crippen LogP contribution >= 0.6 is 34.5 Å². The van der Waals surface area contributed by atoms with Crippen LogP contribution in [0, 0.1) is 0 Å². The maximum absolute atomic E-state index is 6.16. The van der Waals surface area contributed by atoms with Gasteiger partial charge in [-0.2, -0.15) is 0 Å². The number of hydrogen-bond acceptors (Lipinski definition) is 4. The summed E-state index contributed by atoms with van der Waals surface area (Å²) in [6.07, 6.45) is 4.37. The van der Waals surface area contributed by atoms with Crippen molar-refractivity contribution in [2.24, 2.45) is 0 Å². The number of piperazine rings is 1. The summed E-state index contributed by atoms with van der Waals surface area (Å²) in [6.45, 7) is 5.22. The summed E-state index contributed by atoms with van der Waals surface area (Å²) in [4.78, 5) is 11.2. The fourth-order valence-electron chi connectivity index (χ4n) is 5.34. The molecule has 0 N–H and O–H groups in total. The van der Waals surface area contributed by atoms with Gasteiger partial charge in [-0.05, 0) is 78.4 Å². The molecule has 0 aliphatic carbocycles. The lowest BCUT2D eigenvalue weighted by molar-refractivity contribution is 0.251. The smallest absolute Gasteiger partial charge is 0.154 e. The zero-order chi connectivity index (χ0) is 24.5. The van der Waals surface area contributed by atoms with Crippen molar-refractivity contribution in [1.29, 1.82) is 0 Å². The minimum absolute atomic E-state index is 0.338. The molecule has 0 spiro atoms. The summed E-state index contributed by atoms with van der Waals surface area (Å²) in [7, 11) is 0. The first kappa shape index (κ1) is 23.8. The number of benzene rings is 2. The first-order valence-electron chi connectivity index (χ1n) is 12.5. The number of anilines is 1. The normalized spacial score (nSPS) is 14.9. The van der Waals surface area contributed by atoms with Crippen LogP contribution in [0.4, 0.5) is 5.82 Å². The highest BCUT2D eigenvalue weighted by molar-refractivity contribution is 7.16. The Labute approximate surface area is 225 Å². The van der Waals surface area contributed by atoms with Gasteiger partial charge in [0, 0.05) is 48.3 Å². The third-order valence-electron chi connectivity index (χ3n) is 7.25. The third kappa shape index (κ3) is 4.85. The molecule has 0 radical (unpaired) electrons. The van der Waals surface area contributed by atoms with E-state index in [0.717, 1.165) is 66.3 Å². The molecule has 3 aromatic heterocycles. The fourth-order valence-corrected chi connectivity index (χ4v) is 6.34. The second-order valence-electron chi connectivity index (χ2n) is 9.44. The number of thiophene rings is 1. The van der Waals surface area contributed by atoms with E-state index in [1.165, 1.54) is 22.2 Å². The minimum atomic E-state index is 0.338. The van der Waals surface area contributed by atoms with Gasteiger partial charge in [0.15, 0.2) is 5.82 Å². The van der Waals surface area contributed by atoms with E-state index < -0.39 is 0 Å². The van der Waals surface area contributed by atoms with Gasteiger partial charge in [0.2, 0.25) is 0 Å². The van der Waals surface area contributed by atoms with Gasteiger partial charge >= 0.3 is 0 Å². The topological polar surface area (TPSA) is 23.8 Å². The molecule has 1 fully saturated rings. The highest BCUT2D eigenvalue weighted by atomic mass is 35.5. The van der Waals surface area contributed by atoms with E-state index in [4.69, 9.17) is 28.2 Å². The Morgan fingerprint density at radius 1 is 0.806 bits per heavy atom. The van der Waals surface area contributed by atoms with E-state index in [9.17, 15) is 0 Å². The van der Waals surface area contributed by atoms with E-state index in [1.54, 1.807) is 11.3 Å². The van der Waals surface area contributed by atoms with Crippen molar-refractivity contribution >= 4 is 56.2 Å². The number of halogens is 2. The molecular formula is C29H28Cl2N4S. The number of nitrogens with zero attached hydrogens (tertiary/aromatic N) is 4. The Morgan fingerprint density at radius 3 is 2.14 bits per heavy atom. The van der Waals surface area contributed by atoms with Crippen LogP contribution < -0.4 is 4.90 Å². The summed E-state index contributed by atoms with van der Waals surface area (Å²) >= 11 is 14.0. The van der Waals surface area contributed by atoms with Crippen molar-refractivity contribution in [3.05, 3.63) is 99.5 Å². The van der Waals surface area contributed by atoms with Crippen LogP contribution in [0.25, 0.3) is 15.9 Å². The van der Waals surface area contributed by atoms with Gasteiger partial charge in [0.1, 0.15) is 4.83 Å². The molecule has 6 rings (SSSR count). The lowest BCUT2D eigenvalue weighted by Crippen LogP contribution is -2.47. The SMILES string of the molecule is Clc1ccc(C(CCCN2CCN(c3nc4sccc4n4cccc34)CC2)c2ccc(Cl)cc2)cc1. The van der Waals surface area contributed by atoms with Crippen molar-refractivity contribution < 1.29 is 0 Å². The molecule has 1 saturated heterocycles. The molecular weight excluding hydrogens is 507 g/mol. The molecule has 184 valence electrons. The minimum Gasteiger partial charge on any atom is -0.352 e. The maximum atomic E-state index is 6.16. The Hall–Kier alpha value is -2.57. The second kappa shape index (κ2) is 10.4. The third-order valence-corrected chi connectivity index (χ3v) is 8.55. The second-order valence-corrected chi connectivity index (χ2v) is 11.2. The van der Waals surface area contributed by atoms with Crippen LogP contribution in [0.1, 0.15) is 29.9 Å². The van der Waals surface area contributed by atoms with Gasteiger partial charge in [-0.1, -0.05) is 47.5 Å². The zero-order valence-corrected chi connectivity index (χ0v) is 22.3. The summed E-state index contributed by atoms with van der Waals surface area (Å²) in [5.74, 6) is 1.45. The van der Waals surface area contributed by atoms with Crippen molar-refractivity contribution in [3.63, 3.8) is 0 Å². The van der Waals surface area contributed by atoms with E-state index in [1.807, 2.05) is 24.3 Å². The molecule has 2 aromatic carbocycles. The standard InChI is InChI=1S/C29H28Cl2N4S/c30-23-9-5-21(6-10-23)25(22-7-11-24(31)12-8-22)3-1-14-33-16-18-34(19-17-33)28-26-4-2-15-35(26)27-13-20-36-29(27)32-28/h2,4-13,15,20,25H,1,3,14,16-19H2. The molecule has 36 heavy (non-hydrogen) atoms. The van der Waals surface area contributed by atoms with Gasteiger partial charge in [-0.15, -0.1) is 11.3 Å². The monoisotopic (exact) mass is 534 g/mol. The van der Waals surface area contributed by atoms with Gasteiger partial charge in [0.25, 0.3) is 0 Å². The van der Waals surface area contributed by atoms with Gasteiger partial charge in [-0.3, -0.25) is 4.90 Å². The van der Waals surface area contributed by atoms with Gasteiger partial charge in [-0.25, -0.2) is 4.98 Å². The highest BCUT2D eigenvalue weighted by Gasteiger charge is 2.22. The van der Waals surface area contributed by atoms with Crippen molar-refractivity contribution in [2.75, 3.05) is 37.6 Å². The first-order chi connectivity index (χ1) is 17.7. The lowest BCUT2D eigenvalue weighted by Gasteiger charge is -2.36. The van der Waals surface area contributed by atoms with Crippen LogP contribution in [0.5, 0.6) is 0 Å². The molecule has 4 nitrogen and oxygen atoms in total. The van der Waals surface area contributed by atoms with Crippen molar-refractivity contribution in [2.45, 2.75) is 18.8 Å². The maximum Gasteiger partial charge on any atom is 0.154 e. The average molecular weight is 536 g/mol. The van der Waals surface area contributed by atoms with Crippen LogP contribution in [-0.4, -0.2) is 47.0 Å². The van der Waals surface area contributed by atoms with Crippen LogP contribution in [0.3, 0.4) is 0 Å². The Bertz CT molecular complexity index is 1410. The van der Waals surface area contributed by atoms with Crippen molar-refractivity contribution in [3.8, 4) is 0 Å². The Balaban J connectivity index is 1.10. The molecule has 0 saturated carbocycles. The Morgan fingerprint density at radius 2 is 1.47 bits per heavy atom. The van der Waals surface area contributed by atoms with E-state index >= 15 is 0 Å². The molecule has 0 bridgehead atoms. The number of rotatable bonds is 7. The molecule has 1 aliphatic heterocycles. The lowest BCUT2D eigenvalue weighted by atomic mass is 9.87. The van der Waals surface area contributed by atoms with Crippen LogP contribution in [0.2, 0.25) is 10.0 Å². The van der Waals surface area contributed by atoms with Gasteiger partial charge < -0.3 is 9.30 Å². The predicted octanol–water partition coefficient (Wildman–Crippen LogP) is 7.59. The molecule has 4 heterocycles. The summed E-state index contributed by atoms with van der Waals surface area (Å²) < 4.78 is 2.27. The fraction of sp³-hybridized carbons (Fsp3) is 0.276. The van der Waals surface area contributed by atoms with E-state index in [-0.39, 0.29) is 0 Å². The summed E-state index contributed by atoms with van der Waals surface area (Å²) in [5, 5.41) is 3.67. The van der Waals surface area contributed by atoms with Crippen molar-refractivity contribution in [1.82, 2.24) is 14.3 Å². The number of fused-ring (bicyclic) bond motifs is 3. The van der Waals surface area contributed by atoms with E-state index in [2.05, 4.69) is 68.2 Å². The number of hydrogen-bond donors (Lipinski definition) is 0. The van der Waals surface area contributed by atoms with E-state index in [0.29, 0.717) is 5.92 Å². The van der Waals surface area contributed by atoms with Crippen LogP contribution in [0.15, 0.2) is 78.3 Å². The molecule has 1 aliphatic rings. The quantitative estimate of drug-likeness (QED) is 0.215. The predicted molar refractivity (Wildman–Crippen MR) is 153 cm³/mol. The number of aromatic nitrogens is 2. The molecule has 5 aromatic rings. The zero-order valence-electron chi connectivity index (χ0n) is 20.0. The highest BCUT2D eigenvalue weighted by Crippen LogP contribution is 2.32. The first-order valence-corrected chi connectivity index (χ1v) is 14.1. The molecule has 0 amide bonds. The van der Waals surface area contributed by atoms with Crippen LogP contribution in [-0.2, 0) is 0 Å². The molecule has 0 unspecified atom stereocenters. The van der Waals surface area contributed by atoms with Gasteiger partial charge in [0.05, 0.1) is 11.0 Å².